The first kappa shape index (κ1) is 15.0. The van der Waals surface area contributed by atoms with Crippen molar-refractivity contribution in [3.63, 3.8) is 0 Å². The van der Waals surface area contributed by atoms with Gasteiger partial charge in [0.2, 0.25) is 0 Å². The number of pyridine rings is 1. The smallest absolute Gasteiger partial charge is 0.274 e. The van der Waals surface area contributed by atoms with Crippen LogP contribution in [0.5, 0.6) is 0 Å². The van der Waals surface area contributed by atoms with Gasteiger partial charge in [-0.05, 0) is 30.2 Å². The minimum Gasteiger partial charge on any atom is -0.384 e. The largest absolute Gasteiger partial charge is 0.384 e. The summed E-state index contributed by atoms with van der Waals surface area (Å²) in [6.45, 7) is 5.05. The van der Waals surface area contributed by atoms with Crippen molar-refractivity contribution < 1.29 is 9.18 Å². The third-order valence-electron chi connectivity index (χ3n) is 2.83. The number of benzene rings is 1. The number of rotatable bonds is 5. The molecule has 2 aromatic rings. The van der Waals surface area contributed by atoms with Gasteiger partial charge in [-0.25, -0.2) is 9.37 Å². The Kier molecular flexibility index (Phi) is 4.87. The van der Waals surface area contributed by atoms with E-state index in [1.165, 1.54) is 12.1 Å². The van der Waals surface area contributed by atoms with Crippen molar-refractivity contribution in [3.8, 4) is 0 Å². The first-order valence-electron chi connectivity index (χ1n) is 6.82. The lowest BCUT2D eigenvalue weighted by Gasteiger charge is -2.09. The molecule has 2 rings (SSSR count). The Bertz CT molecular complexity index is 611. The molecule has 110 valence electrons. The van der Waals surface area contributed by atoms with Crippen LogP contribution in [0.15, 0.2) is 42.6 Å². The second kappa shape index (κ2) is 6.83. The number of amides is 1. The number of carbonyl (C=O) groups is 1. The number of anilines is 2. The lowest BCUT2D eigenvalue weighted by Crippen LogP contribution is -2.15. The quantitative estimate of drug-likeness (QED) is 0.884. The molecule has 0 aliphatic heterocycles. The van der Waals surface area contributed by atoms with E-state index in [4.69, 9.17) is 0 Å². The summed E-state index contributed by atoms with van der Waals surface area (Å²) in [5.41, 5.74) is 1.24. The van der Waals surface area contributed by atoms with Crippen LogP contribution in [-0.4, -0.2) is 17.4 Å². The maximum Gasteiger partial charge on any atom is 0.274 e. The Morgan fingerprint density at radius 3 is 2.62 bits per heavy atom. The number of aromatic nitrogens is 1. The molecule has 1 amide bonds. The molecule has 0 radical (unpaired) electrons. The predicted molar refractivity (Wildman–Crippen MR) is 81.9 cm³/mol. The average molecular weight is 287 g/mol. The van der Waals surface area contributed by atoms with Crippen LogP contribution < -0.4 is 10.6 Å². The van der Waals surface area contributed by atoms with Crippen LogP contribution in [0, 0.1) is 11.7 Å². The van der Waals surface area contributed by atoms with Crippen molar-refractivity contribution in [3.05, 3.63) is 54.1 Å². The molecular formula is C16H18FN3O. The molecule has 4 nitrogen and oxygen atoms in total. The average Bonchev–Trinajstić information content (AvgIpc) is 2.48. The van der Waals surface area contributed by atoms with Gasteiger partial charge in [0.1, 0.15) is 11.5 Å². The van der Waals surface area contributed by atoms with Gasteiger partial charge in [0, 0.05) is 6.54 Å². The number of nitrogens with zero attached hydrogens (tertiary/aromatic N) is 1. The van der Waals surface area contributed by atoms with Gasteiger partial charge in [0.25, 0.3) is 5.91 Å². The lowest BCUT2D eigenvalue weighted by molar-refractivity contribution is 0.102. The SMILES string of the molecule is CC(C)CNc1ccc(C(=O)Nc2ccccc2F)nc1. The summed E-state index contributed by atoms with van der Waals surface area (Å²) >= 11 is 0. The molecule has 21 heavy (non-hydrogen) atoms. The topological polar surface area (TPSA) is 54.0 Å². The maximum atomic E-state index is 13.5. The van der Waals surface area contributed by atoms with E-state index >= 15 is 0 Å². The van der Waals surface area contributed by atoms with Crippen LogP contribution in [0.2, 0.25) is 0 Å². The molecule has 0 spiro atoms. The number of hydrogen-bond acceptors (Lipinski definition) is 3. The molecule has 0 atom stereocenters. The monoisotopic (exact) mass is 287 g/mol. The fourth-order valence-electron chi connectivity index (χ4n) is 1.70. The van der Waals surface area contributed by atoms with E-state index in [1.54, 1.807) is 30.5 Å². The summed E-state index contributed by atoms with van der Waals surface area (Å²) in [5.74, 6) is -0.384. The van der Waals surface area contributed by atoms with Gasteiger partial charge < -0.3 is 10.6 Å². The Labute approximate surface area is 123 Å². The Morgan fingerprint density at radius 1 is 1.24 bits per heavy atom. The summed E-state index contributed by atoms with van der Waals surface area (Å²) in [4.78, 5) is 16.1. The molecule has 0 fully saturated rings. The summed E-state index contributed by atoms with van der Waals surface area (Å²) in [7, 11) is 0. The normalized spacial score (nSPS) is 10.5. The summed E-state index contributed by atoms with van der Waals surface area (Å²) in [6.07, 6.45) is 1.60. The molecule has 1 heterocycles. The Hall–Kier alpha value is -2.43. The first-order valence-corrected chi connectivity index (χ1v) is 6.82. The second-order valence-corrected chi connectivity index (χ2v) is 5.14. The van der Waals surface area contributed by atoms with E-state index in [9.17, 15) is 9.18 Å². The van der Waals surface area contributed by atoms with Crippen molar-refractivity contribution >= 4 is 17.3 Å². The van der Waals surface area contributed by atoms with Crippen molar-refractivity contribution in [2.75, 3.05) is 17.2 Å². The van der Waals surface area contributed by atoms with E-state index in [0.717, 1.165) is 12.2 Å². The minimum atomic E-state index is -0.471. The summed E-state index contributed by atoms with van der Waals surface area (Å²) in [5, 5.41) is 5.71. The molecule has 1 aromatic heterocycles. The van der Waals surface area contributed by atoms with Gasteiger partial charge in [-0.15, -0.1) is 0 Å². The van der Waals surface area contributed by atoms with Gasteiger partial charge in [0.15, 0.2) is 0 Å². The second-order valence-electron chi connectivity index (χ2n) is 5.14. The highest BCUT2D eigenvalue weighted by atomic mass is 19.1. The van der Waals surface area contributed by atoms with Crippen molar-refractivity contribution in [2.45, 2.75) is 13.8 Å². The number of halogens is 1. The van der Waals surface area contributed by atoms with Crippen LogP contribution in [0.4, 0.5) is 15.8 Å². The van der Waals surface area contributed by atoms with Crippen LogP contribution in [0.3, 0.4) is 0 Å². The zero-order valence-electron chi connectivity index (χ0n) is 12.1. The number of nitrogens with one attached hydrogen (secondary N) is 2. The van der Waals surface area contributed by atoms with Crippen LogP contribution in [0.1, 0.15) is 24.3 Å². The van der Waals surface area contributed by atoms with Gasteiger partial charge in [0.05, 0.1) is 17.6 Å². The van der Waals surface area contributed by atoms with Crippen LogP contribution in [-0.2, 0) is 0 Å². The fraction of sp³-hybridized carbons (Fsp3) is 0.250. The molecular weight excluding hydrogens is 269 g/mol. The minimum absolute atomic E-state index is 0.145. The number of hydrogen-bond donors (Lipinski definition) is 2. The first-order chi connectivity index (χ1) is 10.1. The molecule has 5 heteroatoms. The Morgan fingerprint density at radius 2 is 2.00 bits per heavy atom. The van der Waals surface area contributed by atoms with Crippen molar-refractivity contribution in [1.82, 2.24) is 4.98 Å². The molecule has 0 aliphatic rings. The highest BCUT2D eigenvalue weighted by Gasteiger charge is 2.10. The Balaban J connectivity index is 2.01. The van der Waals surface area contributed by atoms with E-state index in [2.05, 4.69) is 29.5 Å². The zero-order valence-corrected chi connectivity index (χ0v) is 12.1. The van der Waals surface area contributed by atoms with E-state index in [0.29, 0.717) is 5.92 Å². The van der Waals surface area contributed by atoms with Gasteiger partial charge in [-0.1, -0.05) is 26.0 Å². The van der Waals surface area contributed by atoms with Gasteiger partial charge >= 0.3 is 0 Å². The van der Waals surface area contributed by atoms with E-state index in [-0.39, 0.29) is 11.4 Å². The van der Waals surface area contributed by atoms with E-state index in [1.807, 2.05) is 0 Å². The molecule has 0 unspecified atom stereocenters. The molecule has 2 N–H and O–H groups in total. The molecule has 0 saturated carbocycles. The summed E-state index contributed by atoms with van der Waals surface area (Å²) in [6, 6.07) is 9.42. The van der Waals surface area contributed by atoms with Crippen LogP contribution in [0.25, 0.3) is 0 Å². The van der Waals surface area contributed by atoms with Crippen LogP contribution >= 0.6 is 0 Å². The highest BCUT2D eigenvalue weighted by molar-refractivity contribution is 6.03. The third kappa shape index (κ3) is 4.27. The molecule has 0 saturated heterocycles. The highest BCUT2D eigenvalue weighted by Crippen LogP contribution is 2.14. The molecule has 0 aliphatic carbocycles. The third-order valence-corrected chi connectivity index (χ3v) is 2.83. The van der Waals surface area contributed by atoms with Crippen molar-refractivity contribution in [2.24, 2.45) is 5.92 Å². The standard InChI is InChI=1S/C16H18FN3O/c1-11(2)9-18-12-7-8-15(19-10-12)16(21)20-14-6-4-3-5-13(14)17/h3-8,10-11,18H,9H2,1-2H3,(H,20,21). The molecule has 0 bridgehead atoms. The predicted octanol–water partition coefficient (Wildman–Crippen LogP) is 3.54. The zero-order chi connectivity index (χ0) is 15.2. The van der Waals surface area contributed by atoms with E-state index < -0.39 is 11.7 Å². The van der Waals surface area contributed by atoms with Gasteiger partial charge in [-0.3, -0.25) is 4.79 Å². The molecule has 1 aromatic carbocycles. The fourth-order valence-corrected chi connectivity index (χ4v) is 1.70. The maximum absolute atomic E-state index is 13.5. The number of para-hydroxylation sites is 1. The van der Waals surface area contributed by atoms with Crippen molar-refractivity contribution in [1.29, 1.82) is 0 Å². The number of carbonyl (C=O) groups excluding carboxylic acids is 1. The lowest BCUT2D eigenvalue weighted by atomic mass is 10.2. The summed E-state index contributed by atoms with van der Waals surface area (Å²) < 4.78 is 13.5. The van der Waals surface area contributed by atoms with Gasteiger partial charge in [-0.2, -0.15) is 0 Å².